The summed E-state index contributed by atoms with van der Waals surface area (Å²) in [6.07, 6.45) is 4.34. The Balaban J connectivity index is 1.79. The van der Waals surface area contributed by atoms with Gasteiger partial charge < -0.3 is 10.2 Å². The summed E-state index contributed by atoms with van der Waals surface area (Å²) in [4.78, 5) is 6.84. The highest BCUT2D eigenvalue weighted by molar-refractivity contribution is 6.30. The van der Waals surface area contributed by atoms with E-state index in [4.69, 9.17) is 11.6 Å². The molecule has 0 bridgehead atoms. The van der Waals surface area contributed by atoms with E-state index in [0.29, 0.717) is 10.9 Å². The molecule has 0 radical (unpaired) electrons. The van der Waals surface area contributed by atoms with Crippen LogP contribution in [0.4, 0.5) is 5.95 Å². The zero-order chi connectivity index (χ0) is 13.9. The second kappa shape index (κ2) is 5.97. The summed E-state index contributed by atoms with van der Waals surface area (Å²) in [6.45, 7) is 6.31. The Hall–Kier alpha value is -1.33. The van der Waals surface area contributed by atoms with Crippen LogP contribution in [0.1, 0.15) is 19.8 Å². The summed E-state index contributed by atoms with van der Waals surface area (Å²) < 4.78 is 1.75. The number of hydrogen-bond donors (Lipinski definition) is 1. The standard InChI is InChI=1S/C14H20ClN5/c1-2-19(9-11-4-3-7-16-8-11)14-17-13-6-5-12(15)10-20(13)18-14/h5-6,10-11,16H,2-4,7-9H2,1H3. The molecule has 3 heterocycles. The summed E-state index contributed by atoms with van der Waals surface area (Å²) in [5.41, 5.74) is 0.838. The Bertz CT molecular complexity index is 576. The summed E-state index contributed by atoms with van der Waals surface area (Å²) in [5, 5.41) is 8.67. The number of rotatable bonds is 4. The molecule has 2 aromatic heterocycles. The van der Waals surface area contributed by atoms with Crippen LogP contribution in [0, 0.1) is 5.92 Å². The highest BCUT2D eigenvalue weighted by Gasteiger charge is 2.19. The molecule has 0 aromatic carbocycles. The average Bonchev–Trinajstić information content (AvgIpc) is 2.88. The zero-order valence-corrected chi connectivity index (χ0v) is 12.5. The lowest BCUT2D eigenvalue weighted by Gasteiger charge is -2.28. The van der Waals surface area contributed by atoms with E-state index in [2.05, 4.69) is 27.2 Å². The van der Waals surface area contributed by atoms with Gasteiger partial charge in [0.1, 0.15) is 0 Å². The van der Waals surface area contributed by atoms with E-state index in [0.717, 1.165) is 37.8 Å². The second-order valence-corrected chi connectivity index (χ2v) is 5.75. The van der Waals surface area contributed by atoms with E-state index in [1.807, 2.05) is 12.1 Å². The van der Waals surface area contributed by atoms with E-state index in [-0.39, 0.29) is 0 Å². The highest BCUT2D eigenvalue weighted by atomic mass is 35.5. The van der Waals surface area contributed by atoms with Crippen molar-refractivity contribution in [2.75, 3.05) is 31.1 Å². The quantitative estimate of drug-likeness (QED) is 0.939. The molecule has 5 nitrogen and oxygen atoms in total. The molecule has 0 saturated carbocycles. The van der Waals surface area contributed by atoms with Gasteiger partial charge in [0.05, 0.1) is 5.02 Å². The third kappa shape index (κ3) is 2.88. The lowest BCUT2D eigenvalue weighted by Crippen LogP contribution is -2.38. The van der Waals surface area contributed by atoms with Crippen LogP contribution in [-0.4, -0.2) is 40.8 Å². The van der Waals surface area contributed by atoms with Crippen molar-refractivity contribution in [1.29, 1.82) is 0 Å². The number of piperidine rings is 1. The van der Waals surface area contributed by atoms with Crippen molar-refractivity contribution in [3.63, 3.8) is 0 Å². The van der Waals surface area contributed by atoms with Crippen LogP contribution >= 0.6 is 11.6 Å². The normalized spacial score (nSPS) is 19.4. The Kier molecular flexibility index (Phi) is 4.08. The maximum absolute atomic E-state index is 5.99. The third-order valence-corrected chi connectivity index (χ3v) is 4.05. The number of nitrogens with zero attached hydrogens (tertiary/aromatic N) is 4. The van der Waals surface area contributed by atoms with Crippen molar-refractivity contribution in [3.05, 3.63) is 23.4 Å². The minimum atomic E-state index is 0.675. The Morgan fingerprint density at radius 1 is 1.50 bits per heavy atom. The summed E-state index contributed by atoms with van der Waals surface area (Å²) in [5.74, 6) is 1.47. The first-order valence-electron chi connectivity index (χ1n) is 7.24. The van der Waals surface area contributed by atoms with Crippen molar-refractivity contribution in [2.45, 2.75) is 19.8 Å². The van der Waals surface area contributed by atoms with Crippen LogP contribution < -0.4 is 10.2 Å². The molecule has 2 aromatic rings. The smallest absolute Gasteiger partial charge is 0.245 e. The van der Waals surface area contributed by atoms with Gasteiger partial charge in [0.2, 0.25) is 5.95 Å². The van der Waals surface area contributed by atoms with Gasteiger partial charge in [0, 0.05) is 19.3 Å². The van der Waals surface area contributed by atoms with Crippen molar-refractivity contribution >= 4 is 23.2 Å². The SMILES string of the molecule is CCN(CC1CCCNC1)c1nc2ccc(Cl)cn2n1. The number of halogens is 1. The number of nitrogens with one attached hydrogen (secondary N) is 1. The van der Waals surface area contributed by atoms with Gasteiger partial charge in [-0.15, -0.1) is 5.10 Å². The maximum Gasteiger partial charge on any atom is 0.245 e. The second-order valence-electron chi connectivity index (χ2n) is 5.31. The van der Waals surface area contributed by atoms with Crippen molar-refractivity contribution in [1.82, 2.24) is 19.9 Å². The number of pyridine rings is 1. The van der Waals surface area contributed by atoms with Crippen LogP contribution in [0.2, 0.25) is 5.02 Å². The van der Waals surface area contributed by atoms with E-state index >= 15 is 0 Å². The highest BCUT2D eigenvalue weighted by Crippen LogP contribution is 2.17. The van der Waals surface area contributed by atoms with Gasteiger partial charge in [-0.1, -0.05) is 11.6 Å². The molecule has 1 aliphatic rings. The fourth-order valence-electron chi connectivity index (χ4n) is 2.72. The number of anilines is 1. The van der Waals surface area contributed by atoms with Gasteiger partial charge in [-0.2, -0.15) is 4.98 Å². The first-order valence-corrected chi connectivity index (χ1v) is 7.61. The van der Waals surface area contributed by atoms with Crippen LogP contribution in [0.5, 0.6) is 0 Å². The molecular formula is C14H20ClN5. The maximum atomic E-state index is 5.99. The average molecular weight is 294 g/mol. The van der Waals surface area contributed by atoms with E-state index in [1.54, 1.807) is 10.7 Å². The van der Waals surface area contributed by atoms with Gasteiger partial charge in [0.15, 0.2) is 5.65 Å². The molecule has 1 fully saturated rings. The summed E-state index contributed by atoms with van der Waals surface area (Å²) in [7, 11) is 0. The minimum absolute atomic E-state index is 0.675. The topological polar surface area (TPSA) is 45.5 Å². The third-order valence-electron chi connectivity index (χ3n) is 3.83. The predicted octanol–water partition coefficient (Wildman–Crippen LogP) is 2.21. The lowest BCUT2D eigenvalue weighted by molar-refractivity contribution is 0.376. The van der Waals surface area contributed by atoms with Gasteiger partial charge in [0.25, 0.3) is 0 Å². The summed E-state index contributed by atoms with van der Waals surface area (Å²) >= 11 is 5.99. The van der Waals surface area contributed by atoms with Gasteiger partial charge in [-0.25, -0.2) is 4.52 Å². The van der Waals surface area contributed by atoms with Gasteiger partial charge in [-0.3, -0.25) is 0 Å². The molecule has 0 spiro atoms. The first kappa shape index (κ1) is 13.6. The number of hydrogen-bond acceptors (Lipinski definition) is 4. The molecule has 0 amide bonds. The molecule has 1 atom stereocenters. The zero-order valence-electron chi connectivity index (χ0n) is 11.7. The van der Waals surface area contributed by atoms with Gasteiger partial charge >= 0.3 is 0 Å². The number of aromatic nitrogens is 3. The fourth-order valence-corrected chi connectivity index (χ4v) is 2.88. The van der Waals surface area contributed by atoms with Crippen molar-refractivity contribution in [3.8, 4) is 0 Å². The molecule has 0 aliphatic carbocycles. The van der Waals surface area contributed by atoms with Crippen LogP contribution in [0.25, 0.3) is 5.65 Å². The monoisotopic (exact) mass is 293 g/mol. The van der Waals surface area contributed by atoms with Crippen LogP contribution in [0.3, 0.4) is 0 Å². The van der Waals surface area contributed by atoms with Crippen molar-refractivity contribution < 1.29 is 0 Å². The molecular weight excluding hydrogens is 274 g/mol. The summed E-state index contributed by atoms with van der Waals surface area (Å²) in [6, 6.07) is 3.74. The molecule has 20 heavy (non-hydrogen) atoms. The Morgan fingerprint density at radius 2 is 2.40 bits per heavy atom. The largest absolute Gasteiger partial charge is 0.339 e. The van der Waals surface area contributed by atoms with Crippen molar-refractivity contribution in [2.24, 2.45) is 5.92 Å². The van der Waals surface area contributed by atoms with E-state index < -0.39 is 0 Å². The molecule has 108 valence electrons. The fraction of sp³-hybridized carbons (Fsp3) is 0.571. The molecule has 3 rings (SSSR count). The Morgan fingerprint density at radius 3 is 3.15 bits per heavy atom. The first-order chi connectivity index (χ1) is 9.76. The van der Waals surface area contributed by atoms with E-state index in [9.17, 15) is 0 Å². The predicted molar refractivity (Wildman–Crippen MR) is 81.5 cm³/mol. The molecule has 1 N–H and O–H groups in total. The molecule has 1 aliphatic heterocycles. The Labute approximate surface area is 123 Å². The van der Waals surface area contributed by atoms with E-state index in [1.165, 1.54) is 12.8 Å². The molecule has 1 unspecified atom stereocenters. The molecule has 1 saturated heterocycles. The minimum Gasteiger partial charge on any atom is -0.339 e. The number of fused-ring (bicyclic) bond motifs is 1. The van der Waals surface area contributed by atoms with Crippen LogP contribution in [-0.2, 0) is 0 Å². The van der Waals surface area contributed by atoms with Crippen LogP contribution in [0.15, 0.2) is 18.3 Å². The van der Waals surface area contributed by atoms with Gasteiger partial charge in [-0.05, 0) is 50.9 Å². The molecule has 6 heteroatoms. The lowest BCUT2D eigenvalue weighted by atomic mass is 9.99.